The van der Waals surface area contributed by atoms with Gasteiger partial charge in [0.2, 0.25) is 0 Å². The summed E-state index contributed by atoms with van der Waals surface area (Å²) >= 11 is 0. The lowest BCUT2D eigenvalue weighted by atomic mass is 10.2. The number of hydrogen-bond acceptors (Lipinski definition) is 0. The van der Waals surface area contributed by atoms with Crippen LogP contribution in [0.25, 0.3) is 0 Å². The molecule has 0 spiro atoms. The third-order valence-electron chi connectivity index (χ3n) is 1.90. The average Bonchev–Trinajstić information content (AvgIpc) is 2.07. The molecule has 1 heterocycles. The lowest BCUT2D eigenvalue weighted by Crippen LogP contribution is -2.70. The summed E-state index contributed by atoms with van der Waals surface area (Å²) in [6.07, 6.45) is 6.77. The molecule has 70 valence electrons. The number of hydrogen-bond donors (Lipinski definition) is 1. The van der Waals surface area contributed by atoms with Crippen LogP contribution in [0.3, 0.4) is 0 Å². The maximum atomic E-state index is 3.14. The van der Waals surface area contributed by atoms with E-state index in [1.165, 1.54) is 18.4 Å². The van der Waals surface area contributed by atoms with Gasteiger partial charge in [0.25, 0.3) is 0 Å². The Kier molecular flexibility index (Phi) is 6.73. The molecule has 1 N–H and O–H groups in total. The molecule has 0 fully saturated rings. The SMILES string of the molecule is CC1=CCC[NH+]=C1.CCC(C)C. The largest absolute Gasteiger partial charge is 0.248 e. The molecule has 0 aromatic carbocycles. The van der Waals surface area contributed by atoms with E-state index in [9.17, 15) is 0 Å². The third kappa shape index (κ3) is 7.52. The highest BCUT2D eigenvalue weighted by atomic mass is 14.7. The fourth-order valence-corrected chi connectivity index (χ4v) is 0.675. The molecule has 0 bridgehead atoms. The first kappa shape index (κ1) is 11.4. The zero-order valence-corrected chi connectivity index (χ0v) is 8.85. The third-order valence-corrected chi connectivity index (χ3v) is 1.90. The number of nitrogens with one attached hydrogen (secondary N) is 1. The van der Waals surface area contributed by atoms with Gasteiger partial charge in [0.1, 0.15) is 6.54 Å². The summed E-state index contributed by atoms with van der Waals surface area (Å²) in [5.41, 5.74) is 1.35. The van der Waals surface area contributed by atoms with Crippen molar-refractivity contribution in [2.24, 2.45) is 5.92 Å². The summed E-state index contributed by atoms with van der Waals surface area (Å²) in [6.45, 7) is 9.86. The molecule has 1 heteroatoms. The Labute approximate surface area is 76.6 Å². The molecule has 0 unspecified atom stereocenters. The van der Waals surface area contributed by atoms with Crippen LogP contribution in [0, 0.1) is 5.92 Å². The Morgan fingerprint density at radius 2 is 2.08 bits per heavy atom. The van der Waals surface area contributed by atoms with Gasteiger partial charge < -0.3 is 0 Å². The fourth-order valence-electron chi connectivity index (χ4n) is 0.675. The van der Waals surface area contributed by atoms with Crippen LogP contribution in [0.15, 0.2) is 11.6 Å². The van der Waals surface area contributed by atoms with Crippen LogP contribution in [-0.4, -0.2) is 12.8 Å². The molecule has 0 aromatic heterocycles. The first-order valence-corrected chi connectivity index (χ1v) is 4.90. The van der Waals surface area contributed by atoms with E-state index in [-0.39, 0.29) is 0 Å². The van der Waals surface area contributed by atoms with Crippen molar-refractivity contribution >= 4 is 6.21 Å². The van der Waals surface area contributed by atoms with Crippen LogP contribution >= 0.6 is 0 Å². The summed E-state index contributed by atoms with van der Waals surface area (Å²) in [6, 6.07) is 0. The molecule has 0 saturated heterocycles. The molecule has 1 aliphatic rings. The maximum Gasteiger partial charge on any atom is 0.164 e. The van der Waals surface area contributed by atoms with Gasteiger partial charge in [0.15, 0.2) is 6.21 Å². The van der Waals surface area contributed by atoms with E-state index < -0.39 is 0 Å². The molecule has 0 amide bonds. The van der Waals surface area contributed by atoms with Crippen molar-refractivity contribution in [2.45, 2.75) is 40.5 Å². The van der Waals surface area contributed by atoms with Gasteiger partial charge in [0.05, 0.1) is 0 Å². The van der Waals surface area contributed by atoms with Gasteiger partial charge in [-0.1, -0.05) is 33.3 Å². The highest BCUT2D eigenvalue weighted by Gasteiger charge is 1.93. The summed E-state index contributed by atoms with van der Waals surface area (Å²) in [7, 11) is 0. The standard InChI is InChI=1S/C6H9N.C5H12/c1-6-3-2-4-7-5-6;1-4-5(2)3/h3,5H,2,4H2,1H3;5H,4H2,1-3H3/p+1. The summed E-state index contributed by atoms with van der Waals surface area (Å²) in [4.78, 5) is 3.14. The van der Waals surface area contributed by atoms with Gasteiger partial charge in [-0.25, -0.2) is 4.99 Å². The van der Waals surface area contributed by atoms with Gasteiger partial charge in [0, 0.05) is 12.0 Å². The van der Waals surface area contributed by atoms with Crippen molar-refractivity contribution in [2.75, 3.05) is 6.54 Å². The lowest BCUT2D eigenvalue weighted by Gasteiger charge is -1.90. The Bertz CT molecular complexity index is 154. The predicted molar refractivity (Wildman–Crippen MR) is 55.4 cm³/mol. The van der Waals surface area contributed by atoms with Crippen molar-refractivity contribution in [1.29, 1.82) is 0 Å². The molecule has 1 rings (SSSR count). The monoisotopic (exact) mass is 168 g/mol. The van der Waals surface area contributed by atoms with Gasteiger partial charge in [-0.05, 0) is 12.8 Å². The fraction of sp³-hybridized carbons (Fsp3) is 0.727. The quantitative estimate of drug-likeness (QED) is 0.610. The topological polar surface area (TPSA) is 14.0 Å². The second kappa shape index (κ2) is 7.08. The van der Waals surface area contributed by atoms with E-state index in [0.717, 1.165) is 12.5 Å². The molecular weight excluding hydrogens is 146 g/mol. The van der Waals surface area contributed by atoms with Crippen LogP contribution in [0.5, 0.6) is 0 Å². The van der Waals surface area contributed by atoms with Crippen LogP contribution in [-0.2, 0) is 0 Å². The normalized spacial score (nSPS) is 15.2. The molecule has 0 radical (unpaired) electrons. The Hall–Kier alpha value is -0.590. The minimum Gasteiger partial charge on any atom is -0.248 e. The molecule has 12 heavy (non-hydrogen) atoms. The van der Waals surface area contributed by atoms with E-state index in [4.69, 9.17) is 0 Å². The maximum absolute atomic E-state index is 3.14. The van der Waals surface area contributed by atoms with Gasteiger partial charge in [-0.15, -0.1) is 0 Å². The van der Waals surface area contributed by atoms with E-state index >= 15 is 0 Å². The zero-order valence-electron chi connectivity index (χ0n) is 8.85. The minimum atomic E-state index is 0.884. The first-order valence-electron chi connectivity index (χ1n) is 4.90. The summed E-state index contributed by atoms with van der Waals surface area (Å²) < 4.78 is 0. The van der Waals surface area contributed by atoms with E-state index in [2.05, 4.69) is 38.8 Å². The van der Waals surface area contributed by atoms with Crippen LogP contribution in [0.4, 0.5) is 0 Å². The second-order valence-corrected chi connectivity index (χ2v) is 3.64. The van der Waals surface area contributed by atoms with Gasteiger partial charge in [-0.3, -0.25) is 0 Å². The average molecular weight is 168 g/mol. The Morgan fingerprint density at radius 3 is 2.25 bits per heavy atom. The molecule has 0 atom stereocenters. The Morgan fingerprint density at radius 1 is 1.50 bits per heavy atom. The number of allylic oxidation sites excluding steroid dienone is 1. The molecule has 1 aliphatic heterocycles. The van der Waals surface area contributed by atoms with Crippen molar-refractivity contribution < 1.29 is 4.99 Å². The predicted octanol–water partition coefficient (Wildman–Crippen LogP) is 1.54. The molecule has 0 aliphatic carbocycles. The highest BCUT2D eigenvalue weighted by Crippen LogP contribution is 1.93. The molecule has 1 nitrogen and oxygen atoms in total. The zero-order chi connectivity index (χ0) is 9.40. The minimum absolute atomic E-state index is 0.884. The van der Waals surface area contributed by atoms with Crippen LogP contribution in [0.1, 0.15) is 40.5 Å². The lowest BCUT2D eigenvalue weighted by molar-refractivity contribution is -0.451. The van der Waals surface area contributed by atoms with Crippen molar-refractivity contribution in [1.82, 2.24) is 0 Å². The molecule has 0 saturated carbocycles. The molecule has 0 aromatic rings. The van der Waals surface area contributed by atoms with E-state index in [1.54, 1.807) is 0 Å². The van der Waals surface area contributed by atoms with Crippen molar-refractivity contribution in [3.05, 3.63) is 11.6 Å². The molecular formula is C11H22N+. The van der Waals surface area contributed by atoms with Gasteiger partial charge >= 0.3 is 0 Å². The van der Waals surface area contributed by atoms with Crippen LogP contribution < -0.4 is 4.99 Å². The van der Waals surface area contributed by atoms with E-state index in [1.807, 2.05) is 6.21 Å². The highest BCUT2D eigenvalue weighted by molar-refractivity contribution is 5.72. The van der Waals surface area contributed by atoms with Crippen molar-refractivity contribution in [3.63, 3.8) is 0 Å². The number of rotatable bonds is 1. The van der Waals surface area contributed by atoms with Crippen LogP contribution in [0.2, 0.25) is 0 Å². The smallest absolute Gasteiger partial charge is 0.164 e. The summed E-state index contributed by atoms with van der Waals surface area (Å²) in [5, 5.41) is 0. The first-order chi connectivity index (χ1) is 5.66. The summed E-state index contributed by atoms with van der Waals surface area (Å²) in [5.74, 6) is 0.884. The Balaban J connectivity index is 0.000000217. The van der Waals surface area contributed by atoms with Crippen molar-refractivity contribution in [3.8, 4) is 0 Å². The van der Waals surface area contributed by atoms with Gasteiger partial charge in [-0.2, -0.15) is 0 Å². The van der Waals surface area contributed by atoms with E-state index in [0.29, 0.717) is 0 Å². The second-order valence-electron chi connectivity index (χ2n) is 3.64.